The second kappa shape index (κ2) is 3.20. The minimum atomic E-state index is -0.340. The molecule has 0 heterocycles. The molecule has 3 heteroatoms. The third kappa shape index (κ3) is 1.91. The van der Waals surface area contributed by atoms with Gasteiger partial charge in [-0.3, -0.25) is 0 Å². The largest absolute Gasteiger partial charge is 0.324 e. The fraction of sp³-hybridized carbons (Fsp3) is 0.250. The smallest absolute Gasteiger partial charge is 0.129 e. The van der Waals surface area contributed by atoms with E-state index in [2.05, 4.69) is 0 Å². The molecule has 1 atom stereocenters. The van der Waals surface area contributed by atoms with Gasteiger partial charge in [-0.05, 0) is 19.1 Å². The van der Waals surface area contributed by atoms with E-state index in [1.165, 1.54) is 6.07 Å². The Labute approximate surface area is 70.0 Å². The normalized spacial score (nSPS) is 13.1. The fourth-order valence-corrected chi connectivity index (χ4v) is 1.03. The quantitative estimate of drug-likeness (QED) is 0.694. The van der Waals surface area contributed by atoms with Crippen molar-refractivity contribution < 1.29 is 4.39 Å². The third-order valence-electron chi connectivity index (χ3n) is 1.45. The summed E-state index contributed by atoms with van der Waals surface area (Å²) in [6, 6.07) is 4.21. The van der Waals surface area contributed by atoms with Gasteiger partial charge in [0.1, 0.15) is 5.82 Å². The Morgan fingerprint density at radius 1 is 1.55 bits per heavy atom. The first-order chi connectivity index (χ1) is 5.11. The minimum absolute atomic E-state index is 0.285. The van der Waals surface area contributed by atoms with Gasteiger partial charge in [-0.15, -0.1) is 0 Å². The summed E-state index contributed by atoms with van der Waals surface area (Å²) in [5.41, 5.74) is 5.98. The lowest BCUT2D eigenvalue weighted by Gasteiger charge is -2.05. The van der Waals surface area contributed by atoms with Crippen LogP contribution in [0.1, 0.15) is 18.5 Å². The monoisotopic (exact) mass is 173 g/mol. The second-order valence-electron chi connectivity index (χ2n) is 2.45. The van der Waals surface area contributed by atoms with Crippen LogP contribution < -0.4 is 5.73 Å². The number of hydrogen-bond donors (Lipinski definition) is 1. The molecule has 0 radical (unpaired) electrons. The lowest BCUT2D eigenvalue weighted by molar-refractivity contribution is 0.594. The summed E-state index contributed by atoms with van der Waals surface area (Å²) >= 11 is 5.54. The zero-order chi connectivity index (χ0) is 8.43. The summed E-state index contributed by atoms with van der Waals surface area (Å²) in [5, 5.41) is 0.395. The molecule has 0 fully saturated rings. The molecule has 0 amide bonds. The molecule has 2 N–H and O–H groups in total. The SMILES string of the molecule is CC(N)c1ccc(Cl)cc1F. The van der Waals surface area contributed by atoms with E-state index < -0.39 is 0 Å². The molecular formula is C8H9ClFN. The van der Waals surface area contributed by atoms with Gasteiger partial charge in [0.25, 0.3) is 0 Å². The van der Waals surface area contributed by atoms with E-state index in [1.54, 1.807) is 19.1 Å². The van der Waals surface area contributed by atoms with Gasteiger partial charge in [-0.1, -0.05) is 17.7 Å². The highest BCUT2D eigenvalue weighted by molar-refractivity contribution is 6.30. The third-order valence-corrected chi connectivity index (χ3v) is 1.69. The van der Waals surface area contributed by atoms with Gasteiger partial charge in [-0.25, -0.2) is 4.39 Å². The summed E-state index contributed by atoms with van der Waals surface area (Å²) in [4.78, 5) is 0. The molecule has 1 aromatic rings. The van der Waals surface area contributed by atoms with Crippen molar-refractivity contribution in [1.29, 1.82) is 0 Å². The van der Waals surface area contributed by atoms with Gasteiger partial charge in [-0.2, -0.15) is 0 Å². The summed E-state index contributed by atoms with van der Waals surface area (Å²) in [6.07, 6.45) is 0. The molecule has 11 heavy (non-hydrogen) atoms. The van der Waals surface area contributed by atoms with Gasteiger partial charge < -0.3 is 5.73 Å². The molecule has 1 rings (SSSR count). The first kappa shape index (κ1) is 8.50. The van der Waals surface area contributed by atoms with Crippen LogP contribution in [-0.4, -0.2) is 0 Å². The van der Waals surface area contributed by atoms with E-state index in [9.17, 15) is 4.39 Å². The number of nitrogens with two attached hydrogens (primary N) is 1. The van der Waals surface area contributed by atoms with Crippen molar-refractivity contribution >= 4 is 11.6 Å². The number of hydrogen-bond acceptors (Lipinski definition) is 1. The van der Waals surface area contributed by atoms with Crippen LogP contribution in [0.5, 0.6) is 0 Å². The second-order valence-corrected chi connectivity index (χ2v) is 2.89. The molecule has 1 unspecified atom stereocenters. The van der Waals surface area contributed by atoms with Crippen LogP contribution in [0, 0.1) is 5.82 Å². The number of halogens is 2. The van der Waals surface area contributed by atoms with E-state index in [1.807, 2.05) is 0 Å². The summed E-state index contributed by atoms with van der Waals surface area (Å²) in [7, 11) is 0. The van der Waals surface area contributed by atoms with Crippen molar-refractivity contribution in [1.82, 2.24) is 0 Å². The van der Waals surface area contributed by atoms with E-state index >= 15 is 0 Å². The number of rotatable bonds is 1. The summed E-state index contributed by atoms with van der Waals surface area (Å²) in [6.45, 7) is 1.73. The van der Waals surface area contributed by atoms with Crippen LogP contribution in [0.25, 0.3) is 0 Å². The van der Waals surface area contributed by atoms with Crippen molar-refractivity contribution in [3.8, 4) is 0 Å². The molecule has 0 saturated carbocycles. The highest BCUT2D eigenvalue weighted by Crippen LogP contribution is 2.18. The highest BCUT2D eigenvalue weighted by atomic mass is 35.5. The van der Waals surface area contributed by atoms with Gasteiger partial charge in [0.05, 0.1) is 0 Å². The van der Waals surface area contributed by atoms with E-state index in [0.717, 1.165) is 0 Å². The Hall–Kier alpha value is -0.600. The van der Waals surface area contributed by atoms with Crippen LogP contribution in [0.2, 0.25) is 5.02 Å². The number of benzene rings is 1. The predicted octanol–water partition coefficient (Wildman–Crippen LogP) is 2.50. The zero-order valence-electron chi connectivity index (χ0n) is 6.14. The van der Waals surface area contributed by atoms with Gasteiger partial charge >= 0.3 is 0 Å². The molecule has 1 nitrogen and oxygen atoms in total. The molecule has 1 aromatic carbocycles. The Morgan fingerprint density at radius 2 is 2.18 bits per heavy atom. The van der Waals surface area contributed by atoms with Gasteiger partial charge in [0, 0.05) is 16.6 Å². The van der Waals surface area contributed by atoms with Crippen molar-refractivity contribution in [3.63, 3.8) is 0 Å². The first-order valence-electron chi connectivity index (χ1n) is 3.32. The standard InChI is InChI=1S/C8H9ClFN/c1-5(11)7-3-2-6(9)4-8(7)10/h2-5H,11H2,1H3. The molecule has 60 valence electrons. The van der Waals surface area contributed by atoms with Crippen molar-refractivity contribution in [2.75, 3.05) is 0 Å². The Kier molecular flexibility index (Phi) is 2.47. The Bertz CT molecular complexity index is 260. The topological polar surface area (TPSA) is 26.0 Å². The maximum atomic E-state index is 12.9. The predicted molar refractivity (Wildman–Crippen MR) is 44.0 cm³/mol. The average molecular weight is 174 g/mol. The van der Waals surface area contributed by atoms with Crippen LogP contribution >= 0.6 is 11.6 Å². The van der Waals surface area contributed by atoms with E-state index in [-0.39, 0.29) is 11.9 Å². The van der Waals surface area contributed by atoms with Crippen LogP contribution in [0.4, 0.5) is 4.39 Å². The maximum Gasteiger partial charge on any atom is 0.129 e. The molecule has 0 saturated heterocycles. The van der Waals surface area contributed by atoms with Crippen LogP contribution in [-0.2, 0) is 0 Å². The molecule has 0 aromatic heterocycles. The van der Waals surface area contributed by atoms with E-state index in [4.69, 9.17) is 17.3 Å². The first-order valence-corrected chi connectivity index (χ1v) is 3.69. The van der Waals surface area contributed by atoms with Gasteiger partial charge in [0.15, 0.2) is 0 Å². The van der Waals surface area contributed by atoms with Crippen LogP contribution in [0.3, 0.4) is 0 Å². The zero-order valence-corrected chi connectivity index (χ0v) is 6.90. The van der Waals surface area contributed by atoms with Crippen molar-refractivity contribution in [2.24, 2.45) is 5.73 Å². The lowest BCUT2D eigenvalue weighted by Crippen LogP contribution is -2.06. The van der Waals surface area contributed by atoms with E-state index in [0.29, 0.717) is 10.6 Å². The Balaban J connectivity index is 3.09. The molecule has 0 aliphatic carbocycles. The Morgan fingerprint density at radius 3 is 2.64 bits per heavy atom. The maximum absolute atomic E-state index is 12.9. The summed E-state index contributed by atoms with van der Waals surface area (Å²) < 4.78 is 12.9. The summed E-state index contributed by atoms with van der Waals surface area (Å²) in [5.74, 6) is -0.340. The minimum Gasteiger partial charge on any atom is -0.324 e. The molecular weight excluding hydrogens is 165 g/mol. The van der Waals surface area contributed by atoms with Crippen LogP contribution in [0.15, 0.2) is 18.2 Å². The molecule has 0 spiro atoms. The average Bonchev–Trinajstić information content (AvgIpc) is 1.85. The van der Waals surface area contributed by atoms with Crippen molar-refractivity contribution in [3.05, 3.63) is 34.6 Å². The molecule has 0 aliphatic rings. The van der Waals surface area contributed by atoms with Crippen molar-refractivity contribution in [2.45, 2.75) is 13.0 Å². The fourth-order valence-electron chi connectivity index (χ4n) is 0.871. The lowest BCUT2D eigenvalue weighted by atomic mass is 10.1. The highest BCUT2D eigenvalue weighted by Gasteiger charge is 2.05. The molecule has 0 bridgehead atoms. The van der Waals surface area contributed by atoms with Gasteiger partial charge in [0.2, 0.25) is 0 Å². The molecule has 0 aliphatic heterocycles.